The van der Waals surface area contributed by atoms with Crippen molar-refractivity contribution in [3.63, 3.8) is 0 Å². The standard InChI is InChI=1S/C35H36N4O5.Mg/c1-8-19-15(3)22-12-24-17(5)21(10-11-28(40)41)32(38-24)30-31(35(43)44-7)34(42)29-18(6)25(39-33(29)30)14-27-20(9-2)16(4)23(37-27)13-26(19)36-22;/h8,12-14,17,21,31-32,42H,1,9-11H2,2-7H3,(H,40,41);/q-4;+2/b23-13-,24-12-,27-14-;/t17-,21-,31+,32?;/m0./s1. The van der Waals surface area contributed by atoms with Crippen LogP contribution in [0.5, 0.6) is 0 Å². The van der Waals surface area contributed by atoms with Gasteiger partial charge in [0, 0.05) is 11.6 Å². The Hall–Kier alpha value is -3.89. The van der Waals surface area contributed by atoms with Crippen molar-refractivity contribution in [2.75, 3.05) is 7.11 Å². The Morgan fingerprint density at radius 3 is 2.33 bits per heavy atom. The summed E-state index contributed by atoms with van der Waals surface area (Å²) < 4.78 is 5.17. The Balaban J connectivity index is 0.00000400. The number of fused-ring (bicyclic) bond motifs is 8. The van der Waals surface area contributed by atoms with E-state index in [9.17, 15) is 19.8 Å². The van der Waals surface area contributed by atoms with Crippen LogP contribution in [0.25, 0.3) is 41.0 Å². The van der Waals surface area contributed by atoms with Crippen molar-refractivity contribution in [1.29, 1.82) is 0 Å². The molecule has 1 unspecified atom stereocenters. The van der Waals surface area contributed by atoms with E-state index in [1.165, 1.54) is 7.11 Å². The van der Waals surface area contributed by atoms with E-state index in [1.54, 1.807) is 6.08 Å². The topological polar surface area (TPSA) is 140 Å². The van der Waals surface area contributed by atoms with Gasteiger partial charge in [-0.1, -0.05) is 78.6 Å². The van der Waals surface area contributed by atoms with Crippen LogP contribution in [0.3, 0.4) is 0 Å². The van der Waals surface area contributed by atoms with Gasteiger partial charge in [0.2, 0.25) is 0 Å². The first-order valence-electron chi connectivity index (χ1n) is 15.0. The third kappa shape index (κ3) is 5.08. The second kappa shape index (κ2) is 12.1. The Labute approximate surface area is 277 Å². The number of carbonyl (C=O) groups is 2. The summed E-state index contributed by atoms with van der Waals surface area (Å²) in [7, 11) is 1.29. The quantitative estimate of drug-likeness (QED) is 0.316. The third-order valence-electron chi connectivity index (χ3n) is 9.67. The van der Waals surface area contributed by atoms with Crippen molar-refractivity contribution in [1.82, 2.24) is 15.0 Å². The summed E-state index contributed by atoms with van der Waals surface area (Å²) in [6, 6.07) is -0.601. The summed E-state index contributed by atoms with van der Waals surface area (Å²) >= 11 is 0. The molecular formula is C35H36MgN4O5-2. The largest absolute Gasteiger partial charge is 2.00 e. The molecule has 0 spiro atoms. The Bertz CT molecular complexity index is 2030. The number of aliphatic hydroxyl groups excluding tert-OH is 1. The zero-order chi connectivity index (χ0) is 31.6. The number of rotatable bonds is 6. The van der Waals surface area contributed by atoms with Crippen LogP contribution in [0.2, 0.25) is 0 Å². The molecule has 1 fully saturated rings. The number of hydrogen-bond donors (Lipinski definition) is 2. The second-order valence-corrected chi connectivity index (χ2v) is 11.9. The number of aliphatic carboxylic acids is 1. The van der Waals surface area contributed by atoms with E-state index < -0.39 is 23.9 Å². The van der Waals surface area contributed by atoms with Crippen molar-refractivity contribution < 1.29 is 24.5 Å². The van der Waals surface area contributed by atoms with E-state index in [0.717, 1.165) is 62.0 Å². The fourth-order valence-electron chi connectivity index (χ4n) is 7.20. The van der Waals surface area contributed by atoms with Crippen LogP contribution < -0.4 is 36.2 Å². The molecule has 230 valence electrons. The van der Waals surface area contributed by atoms with Gasteiger partial charge < -0.3 is 35.2 Å². The summed E-state index contributed by atoms with van der Waals surface area (Å²) in [5, 5.41) is 28.9. The fraction of sp³-hybridized carbons (Fsp3) is 0.371. The maximum atomic E-state index is 13.2. The SMILES string of the molecule is C=Cc1c2[n-]c(c1C)/C=C1\[N-]C(C3=c4[n-]c(c(C)c4=C(O)[C@@H]3C(=O)OC)/C=c3\[n-]/c(c(C)c3CC)=C\2)[C@@H](CCC(=O)O)[C@@H]1C.[Mg+2]. The van der Waals surface area contributed by atoms with Gasteiger partial charge in [0.25, 0.3) is 0 Å². The number of hydrogen-bond acceptors (Lipinski definition) is 4. The fourth-order valence-corrected chi connectivity index (χ4v) is 7.20. The number of carbonyl (C=O) groups excluding carboxylic acids is 1. The van der Waals surface area contributed by atoms with Gasteiger partial charge >= 0.3 is 35.0 Å². The number of carboxylic acids is 1. The van der Waals surface area contributed by atoms with Crippen LogP contribution in [-0.2, 0) is 20.7 Å². The van der Waals surface area contributed by atoms with Gasteiger partial charge in [0.15, 0.2) is 0 Å². The van der Waals surface area contributed by atoms with E-state index in [1.807, 2.05) is 39.0 Å². The zero-order valence-corrected chi connectivity index (χ0v) is 28.0. The van der Waals surface area contributed by atoms with E-state index >= 15 is 0 Å². The number of methoxy groups -OCH3 is 1. The summed E-state index contributed by atoms with van der Waals surface area (Å²) in [5.74, 6) is -3.13. The third-order valence-corrected chi connectivity index (χ3v) is 9.67. The first-order valence-corrected chi connectivity index (χ1v) is 15.0. The molecule has 3 aromatic rings. The molecule has 45 heavy (non-hydrogen) atoms. The van der Waals surface area contributed by atoms with E-state index in [2.05, 4.69) is 20.4 Å². The first kappa shape index (κ1) is 32.5. The summed E-state index contributed by atoms with van der Waals surface area (Å²) in [5.41, 5.74) is 8.20. The van der Waals surface area contributed by atoms with Crippen molar-refractivity contribution in [3.05, 3.63) is 83.8 Å². The van der Waals surface area contributed by atoms with Crippen LogP contribution in [-0.4, -0.2) is 58.4 Å². The molecule has 0 radical (unpaired) electrons. The van der Waals surface area contributed by atoms with Crippen molar-refractivity contribution in [2.45, 2.75) is 59.9 Å². The molecule has 1 aliphatic carbocycles. The molecule has 4 atom stereocenters. The normalized spacial score (nSPS) is 24.0. The van der Waals surface area contributed by atoms with Gasteiger partial charge in [-0.25, -0.2) is 0 Å². The van der Waals surface area contributed by atoms with E-state index in [4.69, 9.17) is 25.0 Å². The maximum absolute atomic E-state index is 13.2. The molecule has 6 rings (SSSR count). The monoisotopic (exact) mass is 616 g/mol. The number of aliphatic hydroxyl groups is 1. The molecule has 2 aliphatic heterocycles. The van der Waals surface area contributed by atoms with Gasteiger partial charge in [-0.15, -0.1) is 33.1 Å². The minimum atomic E-state index is -1.08. The Morgan fingerprint density at radius 1 is 1.00 bits per heavy atom. The minimum Gasteiger partial charge on any atom is -0.681 e. The van der Waals surface area contributed by atoms with Crippen LogP contribution in [0, 0.1) is 38.5 Å². The predicted molar refractivity (Wildman–Crippen MR) is 174 cm³/mol. The van der Waals surface area contributed by atoms with Gasteiger partial charge in [-0.2, -0.15) is 5.70 Å². The molecule has 3 aliphatic rings. The molecule has 8 bridgehead atoms. The second-order valence-electron chi connectivity index (χ2n) is 11.9. The van der Waals surface area contributed by atoms with Crippen molar-refractivity contribution in [3.8, 4) is 0 Å². The summed E-state index contributed by atoms with van der Waals surface area (Å²) in [6.07, 6.45) is 8.72. The Morgan fingerprint density at radius 2 is 1.69 bits per heavy atom. The molecule has 3 aromatic heterocycles. The Kier molecular flexibility index (Phi) is 8.76. The molecule has 10 heteroatoms. The molecular weight excluding hydrogens is 581 g/mol. The molecule has 0 saturated carbocycles. The molecule has 9 nitrogen and oxygen atoms in total. The maximum Gasteiger partial charge on any atom is 2.00 e. The number of ether oxygens (including phenoxy) is 1. The molecule has 5 heterocycles. The minimum absolute atomic E-state index is 0. The van der Waals surface area contributed by atoms with Crippen molar-refractivity contribution in [2.24, 2.45) is 17.8 Å². The average molecular weight is 617 g/mol. The number of aromatic nitrogens is 3. The molecule has 1 saturated heterocycles. The van der Waals surface area contributed by atoms with Gasteiger partial charge in [0.1, 0.15) is 11.7 Å². The molecule has 0 amide bonds. The number of esters is 1. The predicted octanol–water partition coefficient (Wildman–Crippen LogP) is 1.81. The average Bonchev–Trinajstić information content (AvgIpc) is 3.72. The van der Waals surface area contributed by atoms with E-state index in [-0.39, 0.29) is 47.1 Å². The zero-order valence-electron chi connectivity index (χ0n) is 26.6. The van der Waals surface area contributed by atoms with E-state index in [0.29, 0.717) is 28.3 Å². The smallest absolute Gasteiger partial charge is 0.681 e. The number of allylic oxidation sites excluding steroid dienone is 1. The van der Waals surface area contributed by atoms with Crippen molar-refractivity contribution >= 4 is 70.6 Å². The summed E-state index contributed by atoms with van der Waals surface area (Å²) in [6.45, 7) is 14.1. The number of carboxylic acid groups (broad SMARTS) is 1. The van der Waals surface area contributed by atoms with Crippen LogP contribution >= 0.6 is 0 Å². The van der Waals surface area contributed by atoms with Gasteiger partial charge in [0.05, 0.1) is 7.11 Å². The van der Waals surface area contributed by atoms with Crippen LogP contribution in [0.4, 0.5) is 0 Å². The van der Waals surface area contributed by atoms with Gasteiger partial charge in [-0.05, 0) is 51.0 Å². The van der Waals surface area contributed by atoms with Crippen LogP contribution in [0.1, 0.15) is 71.6 Å². The van der Waals surface area contributed by atoms with Gasteiger partial charge in [-0.3, -0.25) is 9.59 Å². The first-order chi connectivity index (χ1) is 21.0. The number of nitrogens with zero attached hydrogens (tertiary/aromatic N) is 4. The summed E-state index contributed by atoms with van der Waals surface area (Å²) in [4.78, 5) is 40.0. The molecule has 0 aromatic carbocycles. The van der Waals surface area contributed by atoms with Crippen LogP contribution in [0.15, 0.2) is 12.3 Å². The molecule has 2 N–H and O–H groups in total.